The Labute approximate surface area is 148 Å². The van der Waals surface area contributed by atoms with E-state index in [9.17, 15) is 0 Å². The number of benzene rings is 2. The van der Waals surface area contributed by atoms with Crippen LogP contribution in [0.25, 0.3) is 0 Å². The Morgan fingerprint density at radius 2 is 1.68 bits per heavy atom. The van der Waals surface area contributed by atoms with Crippen molar-refractivity contribution in [3.63, 3.8) is 0 Å². The molecule has 0 saturated heterocycles. The second-order valence-electron chi connectivity index (χ2n) is 5.98. The summed E-state index contributed by atoms with van der Waals surface area (Å²) in [6.45, 7) is 2.92. The summed E-state index contributed by atoms with van der Waals surface area (Å²) in [5, 5.41) is 6.75. The van der Waals surface area contributed by atoms with Crippen LogP contribution in [0.3, 0.4) is 0 Å². The minimum atomic E-state index is 0.179. The molecular formula is C20H23N5. The number of nitrogens with two attached hydrogens (primary N) is 1. The first-order valence-corrected chi connectivity index (χ1v) is 8.42. The second kappa shape index (κ2) is 8.15. The van der Waals surface area contributed by atoms with Crippen LogP contribution >= 0.6 is 0 Å². The number of anilines is 3. The van der Waals surface area contributed by atoms with Gasteiger partial charge in [-0.1, -0.05) is 42.5 Å². The number of aromatic nitrogens is 2. The van der Waals surface area contributed by atoms with Crippen LogP contribution in [-0.4, -0.2) is 16.5 Å². The van der Waals surface area contributed by atoms with Crippen molar-refractivity contribution in [1.82, 2.24) is 9.97 Å². The third kappa shape index (κ3) is 4.94. The highest BCUT2D eigenvalue weighted by Gasteiger charge is 2.06. The molecule has 0 saturated carbocycles. The molecule has 3 aromatic rings. The Morgan fingerprint density at radius 1 is 0.960 bits per heavy atom. The van der Waals surface area contributed by atoms with E-state index >= 15 is 0 Å². The maximum absolute atomic E-state index is 5.71. The molecule has 0 aliphatic carbocycles. The molecular weight excluding hydrogens is 310 g/mol. The van der Waals surface area contributed by atoms with Crippen LogP contribution in [-0.2, 0) is 6.42 Å². The molecule has 128 valence electrons. The monoisotopic (exact) mass is 333 g/mol. The van der Waals surface area contributed by atoms with Gasteiger partial charge in [0.05, 0.1) is 0 Å². The van der Waals surface area contributed by atoms with Crippen LogP contribution < -0.4 is 16.4 Å². The molecule has 4 N–H and O–H groups in total. The summed E-state index contributed by atoms with van der Waals surface area (Å²) in [6, 6.07) is 20.4. The lowest BCUT2D eigenvalue weighted by atomic mass is 10.1. The summed E-state index contributed by atoms with van der Waals surface area (Å²) in [6.07, 6.45) is 2.49. The zero-order chi connectivity index (χ0) is 17.5. The topological polar surface area (TPSA) is 75.9 Å². The molecule has 25 heavy (non-hydrogen) atoms. The maximum atomic E-state index is 5.71. The molecule has 0 bridgehead atoms. The van der Waals surface area contributed by atoms with Gasteiger partial charge in [-0.05, 0) is 36.6 Å². The van der Waals surface area contributed by atoms with Crippen LogP contribution in [0.5, 0.6) is 0 Å². The van der Waals surface area contributed by atoms with Crippen molar-refractivity contribution in [1.29, 1.82) is 0 Å². The molecule has 3 rings (SSSR count). The first-order valence-electron chi connectivity index (χ1n) is 8.42. The van der Waals surface area contributed by atoms with E-state index in [1.807, 2.05) is 48.5 Å². The fourth-order valence-corrected chi connectivity index (χ4v) is 2.60. The minimum Gasteiger partial charge on any atom is -0.399 e. The van der Waals surface area contributed by atoms with E-state index in [1.54, 1.807) is 6.33 Å². The smallest absolute Gasteiger partial charge is 0.131 e. The lowest BCUT2D eigenvalue weighted by Crippen LogP contribution is -2.10. The molecule has 0 amide bonds. The molecule has 0 aliphatic rings. The van der Waals surface area contributed by atoms with E-state index in [-0.39, 0.29) is 6.04 Å². The first-order chi connectivity index (χ1) is 12.2. The van der Waals surface area contributed by atoms with Gasteiger partial charge in [0.1, 0.15) is 18.0 Å². The van der Waals surface area contributed by atoms with Gasteiger partial charge in [-0.15, -0.1) is 0 Å². The van der Waals surface area contributed by atoms with Crippen molar-refractivity contribution < 1.29 is 0 Å². The standard InChI is InChI=1S/C20H23N5/c1-15(17-5-3-2-4-6-17)25-20-13-19(23-14-24-20)22-12-11-16-7-9-18(21)10-8-16/h2-10,13-15H,11-12,21H2,1H3,(H2,22,23,24,25)/t15-/m0/s1. The van der Waals surface area contributed by atoms with Crippen LogP contribution in [0.15, 0.2) is 67.0 Å². The van der Waals surface area contributed by atoms with Gasteiger partial charge < -0.3 is 16.4 Å². The van der Waals surface area contributed by atoms with Crippen LogP contribution in [0, 0.1) is 0 Å². The first kappa shape index (κ1) is 16.8. The number of nitrogen functional groups attached to an aromatic ring is 1. The van der Waals surface area contributed by atoms with Crippen molar-refractivity contribution in [2.45, 2.75) is 19.4 Å². The van der Waals surface area contributed by atoms with Crippen molar-refractivity contribution >= 4 is 17.3 Å². The van der Waals surface area contributed by atoms with Crippen LogP contribution in [0.4, 0.5) is 17.3 Å². The maximum Gasteiger partial charge on any atom is 0.131 e. The molecule has 5 heteroatoms. The average molecular weight is 333 g/mol. The van der Waals surface area contributed by atoms with Gasteiger partial charge in [-0.25, -0.2) is 9.97 Å². The lowest BCUT2D eigenvalue weighted by molar-refractivity contribution is 0.871. The summed E-state index contributed by atoms with van der Waals surface area (Å²) >= 11 is 0. The van der Waals surface area contributed by atoms with Gasteiger partial charge in [0.25, 0.3) is 0 Å². The second-order valence-corrected chi connectivity index (χ2v) is 5.98. The van der Waals surface area contributed by atoms with Gasteiger partial charge in [-0.2, -0.15) is 0 Å². The summed E-state index contributed by atoms with van der Waals surface area (Å²) in [5.41, 5.74) is 8.96. The highest BCUT2D eigenvalue weighted by Crippen LogP contribution is 2.18. The Kier molecular flexibility index (Phi) is 5.46. The summed E-state index contributed by atoms with van der Waals surface area (Å²) in [7, 11) is 0. The van der Waals surface area contributed by atoms with Crippen LogP contribution in [0.1, 0.15) is 24.1 Å². The van der Waals surface area contributed by atoms with E-state index < -0.39 is 0 Å². The number of hydrogen-bond donors (Lipinski definition) is 3. The minimum absolute atomic E-state index is 0.179. The van der Waals surface area contributed by atoms with Crippen LogP contribution in [0.2, 0.25) is 0 Å². The molecule has 0 fully saturated rings. The molecule has 0 aliphatic heterocycles. The summed E-state index contributed by atoms with van der Waals surface area (Å²) < 4.78 is 0. The Balaban J connectivity index is 1.55. The predicted octanol–water partition coefficient (Wildman–Crippen LogP) is 3.89. The molecule has 5 nitrogen and oxygen atoms in total. The van der Waals surface area contributed by atoms with Crippen molar-refractivity contribution in [2.75, 3.05) is 22.9 Å². The molecule has 0 radical (unpaired) electrons. The molecule has 0 unspecified atom stereocenters. The lowest BCUT2D eigenvalue weighted by Gasteiger charge is -2.15. The van der Waals surface area contributed by atoms with E-state index in [0.717, 1.165) is 30.3 Å². The van der Waals surface area contributed by atoms with E-state index in [2.05, 4.69) is 39.7 Å². The zero-order valence-electron chi connectivity index (χ0n) is 14.3. The number of hydrogen-bond acceptors (Lipinski definition) is 5. The molecule has 2 aromatic carbocycles. The van der Waals surface area contributed by atoms with Crippen molar-refractivity contribution in [3.05, 3.63) is 78.1 Å². The highest BCUT2D eigenvalue weighted by molar-refractivity contribution is 5.48. The third-order valence-corrected chi connectivity index (χ3v) is 4.03. The number of nitrogens with one attached hydrogen (secondary N) is 2. The normalized spacial score (nSPS) is 11.7. The number of rotatable bonds is 7. The Hall–Kier alpha value is -3.08. The Bertz CT molecular complexity index is 787. The SMILES string of the molecule is C[C@H](Nc1cc(NCCc2ccc(N)cc2)ncn1)c1ccccc1. The van der Waals surface area contributed by atoms with Gasteiger partial charge >= 0.3 is 0 Å². The fourth-order valence-electron chi connectivity index (χ4n) is 2.60. The fraction of sp³-hybridized carbons (Fsp3) is 0.200. The molecule has 1 aromatic heterocycles. The average Bonchev–Trinajstić information content (AvgIpc) is 2.64. The van der Waals surface area contributed by atoms with Gasteiger partial charge in [0, 0.05) is 24.3 Å². The van der Waals surface area contributed by atoms with Gasteiger partial charge in [0.2, 0.25) is 0 Å². The van der Waals surface area contributed by atoms with Crippen molar-refractivity contribution in [2.24, 2.45) is 0 Å². The largest absolute Gasteiger partial charge is 0.399 e. The van der Waals surface area contributed by atoms with Crippen molar-refractivity contribution in [3.8, 4) is 0 Å². The molecule has 1 atom stereocenters. The predicted molar refractivity (Wildman–Crippen MR) is 104 cm³/mol. The van der Waals surface area contributed by atoms with Gasteiger partial charge in [0.15, 0.2) is 0 Å². The highest BCUT2D eigenvalue weighted by atomic mass is 15.1. The summed E-state index contributed by atoms with van der Waals surface area (Å²) in [4.78, 5) is 8.59. The van der Waals surface area contributed by atoms with E-state index in [4.69, 9.17) is 5.73 Å². The molecule has 0 spiro atoms. The quantitative estimate of drug-likeness (QED) is 0.572. The Morgan fingerprint density at radius 3 is 2.44 bits per heavy atom. The number of nitrogens with zero attached hydrogens (tertiary/aromatic N) is 2. The third-order valence-electron chi connectivity index (χ3n) is 4.03. The zero-order valence-corrected chi connectivity index (χ0v) is 14.3. The summed E-state index contributed by atoms with van der Waals surface area (Å²) in [5.74, 6) is 1.62. The molecule has 1 heterocycles. The van der Waals surface area contributed by atoms with E-state index in [0.29, 0.717) is 0 Å². The van der Waals surface area contributed by atoms with E-state index in [1.165, 1.54) is 11.1 Å². The van der Waals surface area contributed by atoms with Gasteiger partial charge in [-0.3, -0.25) is 0 Å².